The van der Waals surface area contributed by atoms with Crippen LogP contribution in [0.15, 0.2) is 17.8 Å². The maximum absolute atomic E-state index is 4.26. The Morgan fingerprint density at radius 3 is 2.77 bits per heavy atom. The van der Waals surface area contributed by atoms with Crippen molar-refractivity contribution in [2.75, 3.05) is 13.6 Å². The van der Waals surface area contributed by atoms with Gasteiger partial charge >= 0.3 is 0 Å². The number of rotatable bonds is 2. The van der Waals surface area contributed by atoms with E-state index in [4.69, 9.17) is 0 Å². The van der Waals surface area contributed by atoms with Crippen molar-refractivity contribution in [3.63, 3.8) is 0 Å². The molecule has 1 heterocycles. The van der Waals surface area contributed by atoms with Crippen molar-refractivity contribution in [2.45, 2.75) is 26.7 Å². The van der Waals surface area contributed by atoms with Gasteiger partial charge in [-0.3, -0.25) is 0 Å². The summed E-state index contributed by atoms with van der Waals surface area (Å²) in [6.45, 7) is 9.37. The van der Waals surface area contributed by atoms with E-state index in [1.165, 1.54) is 12.3 Å². The molecule has 0 N–H and O–H groups in total. The van der Waals surface area contributed by atoms with Crippen LogP contribution in [0, 0.1) is 11.8 Å². The van der Waals surface area contributed by atoms with Gasteiger partial charge in [0.25, 0.3) is 0 Å². The topological polar surface area (TPSA) is 15.6 Å². The van der Waals surface area contributed by atoms with Crippen molar-refractivity contribution in [2.24, 2.45) is 16.8 Å². The summed E-state index contributed by atoms with van der Waals surface area (Å²) in [6.07, 6.45) is 4.02. The van der Waals surface area contributed by atoms with Crippen LogP contribution in [0.4, 0.5) is 0 Å². The fourth-order valence-electron chi connectivity index (χ4n) is 1.87. The normalized spacial score (nSPS) is 26.9. The SMILES string of the molecule is C=CN=C1CCC(C(C)C)CN1C. The Labute approximate surface area is 81.3 Å². The molecule has 0 amide bonds. The molecule has 74 valence electrons. The summed E-state index contributed by atoms with van der Waals surface area (Å²) in [5.41, 5.74) is 0. The van der Waals surface area contributed by atoms with Crippen LogP contribution in [0.3, 0.4) is 0 Å². The Bertz CT molecular complexity index is 206. The number of amidine groups is 1. The Kier molecular flexibility index (Phi) is 3.52. The second-order valence-corrected chi connectivity index (χ2v) is 4.15. The zero-order chi connectivity index (χ0) is 9.84. The number of piperidine rings is 1. The first-order chi connectivity index (χ1) is 6.15. The summed E-state index contributed by atoms with van der Waals surface area (Å²) >= 11 is 0. The molecule has 0 aromatic rings. The lowest BCUT2D eigenvalue weighted by Crippen LogP contribution is -2.38. The molecule has 0 aliphatic carbocycles. The van der Waals surface area contributed by atoms with E-state index in [1.54, 1.807) is 6.20 Å². The number of hydrogen-bond donors (Lipinski definition) is 0. The van der Waals surface area contributed by atoms with Crippen LogP contribution in [0.25, 0.3) is 0 Å². The summed E-state index contributed by atoms with van der Waals surface area (Å²) < 4.78 is 0. The van der Waals surface area contributed by atoms with Crippen LogP contribution in [-0.4, -0.2) is 24.3 Å². The second-order valence-electron chi connectivity index (χ2n) is 4.15. The van der Waals surface area contributed by atoms with E-state index in [2.05, 4.69) is 37.4 Å². The first kappa shape index (κ1) is 10.3. The third kappa shape index (κ3) is 2.58. The van der Waals surface area contributed by atoms with Gasteiger partial charge in [0.1, 0.15) is 5.84 Å². The van der Waals surface area contributed by atoms with Gasteiger partial charge in [0, 0.05) is 26.2 Å². The summed E-state index contributed by atoms with van der Waals surface area (Å²) in [5.74, 6) is 2.80. The molecule has 13 heavy (non-hydrogen) atoms. The molecule has 0 bridgehead atoms. The zero-order valence-electron chi connectivity index (χ0n) is 8.95. The summed E-state index contributed by atoms with van der Waals surface area (Å²) in [5, 5.41) is 0. The average Bonchev–Trinajstić information content (AvgIpc) is 2.08. The predicted molar refractivity (Wildman–Crippen MR) is 57.8 cm³/mol. The molecular weight excluding hydrogens is 160 g/mol. The Morgan fingerprint density at radius 1 is 1.62 bits per heavy atom. The van der Waals surface area contributed by atoms with Crippen LogP contribution in [-0.2, 0) is 0 Å². The van der Waals surface area contributed by atoms with Crippen molar-refractivity contribution in [3.05, 3.63) is 12.8 Å². The van der Waals surface area contributed by atoms with Gasteiger partial charge in [-0.2, -0.15) is 0 Å². The maximum atomic E-state index is 4.26. The largest absolute Gasteiger partial charge is 0.363 e. The van der Waals surface area contributed by atoms with Gasteiger partial charge in [-0.1, -0.05) is 20.4 Å². The van der Waals surface area contributed by atoms with Crippen LogP contribution in [0.1, 0.15) is 26.7 Å². The summed E-state index contributed by atoms with van der Waals surface area (Å²) in [6, 6.07) is 0. The number of nitrogens with zero attached hydrogens (tertiary/aromatic N) is 2. The van der Waals surface area contributed by atoms with Crippen molar-refractivity contribution < 1.29 is 0 Å². The molecule has 1 atom stereocenters. The molecule has 1 unspecified atom stereocenters. The van der Waals surface area contributed by atoms with Crippen LogP contribution in [0.2, 0.25) is 0 Å². The van der Waals surface area contributed by atoms with Crippen LogP contribution >= 0.6 is 0 Å². The van der Waals surface area contributed by atoms with Gasteiger partial charge in [0.05, 0.1) is 0 Å². The highest BCUT2D eigenvalue weighted by atomic mass is 15.2. The van der Waals surface area contributed by atoms with E-state index in [0.717, 1.165) is 24.8 Å². The molecule has 1 saturated heterocycles. The molecule has 0 spiro atoms. The van der Waals surface area contributed by atoms with Gasteiger partial charge in [0.15, 0.2) is 0 Å². The molecule has 0 aromatic heterocycles. The first-order valence-electron chi connectivity index (χ1n) is 5.04. The molecule has 1 fully saturated rings. The maximum Gasteiger partial charge on any atom is 0.104 e. The van der Waals surface area contributed by atoms with E-state index in [-0.39, 0.29) is 0 Å². The van der Waals surface area contributed by atoms with Gasteiger partial charge in [-0.05, 0) is 18.3 Å². The predicted octanol–water partition coefficient (Wildman–Crippen LogP) is 2.53. The standard InChI is InChI=1S/C11H20N2/c1-5-12-11-7-6-10(9(2)3)8-13(11)4/h5,9-10H,1,6-8H2,2-4H3. The van der Waals surface area contributed by atoms with Crippen molar-refractivity contribution in [1.82, 2.24) is 4.90 Å². The van der Waals surface area contributed by atoms with Crippen molar-refractivity contribution in [3.8, 4) is 0 Å². The van der Waals surface area contributed by atoms with Crippen molar-refractivity contribution in [1.29, 1.82) is 0 Å². The molecule has 1 aliphatic heterocycles. The zero-order valence-corrected chi connectivity index (χ0v) is 8.95. The minimum absolute atomic E-state index is 0.785. The van der Waals surface area contributed by atoms with Gasteiger partial charge < -0.3 is 4.90 Å². The van der Waals surface area contributed by atoms with Gasteiger partial charge in [-0.25, -0.2) is 4.99 Å². The second kappa shape index (κ2) is 4.45. The Hall–Kier alpha value is -0.790. The minimum Gasteiger partial charge on any atom is -0.363 e. The van der Waals surface area contributed by atoms with Gasteiger partial charge in [0.2, 0.25) is 0 Å². The quantitative estimate of drug-likeness (QED) is 0.637. The lowest BCUT2D eigenvalue weighted by Gasteiger charge is -2.34. The van der Waals surface area contributed by atoms with Crippen LogP contribution in [0.5, 0.6) is 0 Å². The molecule has 0 radical (unpaired) electrons. The Balaban J connectivity index is 2.56. The Morgan fingerprint density at radius 2 is 2.31 bits per heavy atom. The molecule has 1 rings (SSSR count). The first-order valence-corrected chi connectivity index (χ1v) is 5.04. The molecule has 1 aliphatic rings. The highest BCUT2D eigenvalue weighted by Gasteiger charge is 2.23. The third-order valence-electron chi connectivity index (χ3n) is 2.87. The van der Waals surface area contributed by atoms with Crippen molar-refractivity contribution >= 4 is 5.84 Å². The summed E-state index contributed by atoms with van der Waals surface area (Å²) in [7, 11) is 2.12. The molecule has 0 saturated carbocycles. The molecular formula is C11H20N2. The van der Waals surface area contributed by atoms with E-state index in [0.29, 0.717) is 0 Å². The third-order valence-corrected chi connectivity index (χ3v) is 2.87. The molecule has 2 heteroatoms. The van der Waals surface area contributed by atoms with E-state index in [9.17, 15) is 0 Å². The number of likely N-dealkylation sites (tertiary alicyclic amines) is 1. The average molecular weight is 180 g/mol. The summed E-state index contributed by atoms with van der Waals surface area (Å²) in [4.78, 5) is 6.52. The van der Waals surface area contributed by atoms with E-state index >= 15 is 0 Å². The van der Waals surface area contributed by atoms with Crippen LogP contribution < -0.4 is 0 Å². The molecule has 2 nitrogen and oxygen atoms in total. The molecule has 0 aromatic carbocycles. The van der Waals surface area contributed by atoms with E-state index in [1.807, 2.05) is 0 Å². The smallest absolute Gasteiger partial charge is 0.104 e. The van der Waals surface area contributed by atoms with Gasteiger partial charge in [-0.15, -0.1) is 0 Å². The lowest BCUT2D eigenvalue weighted by molar-refractivity contribution is 0.263. The van der Waals surface area contributed by atoms with E-state index < -0.39 is 0 Å². The monoisotopic (exact) mass is 180 g/mol. The fourth-order valence-corrected chi connectivity index (χ4v) is 1.87. The highest BCUT2D eigenvalue weighted by Crippen LogP contribution is 2.23. The number of aliphatic imine (C=N–C) groups is 1. The fraction of sp³-hybridized carbons (Fsp3) is 0.727. The lowest BCUT2D eigenvalue weighted by atomic mass is 9.88. The number of hydrogen-bond acceptors (Lipinski definition) is 1. The highest BCUT2D eigenvalue weighted by molar-refractivity contribution is 5.83. The minimum atomic E-state index is 0.785.